The Bertz CT molecular complexity index is 1350. The number of carbonyl (C=O) groups is 2. The van der Waals surface area contributed by atoms with Gasteiger partial charge >= 0.3 is 5.97 Å². The zero-order valence-electron chi connectivity index (χ0n) is 15.1. The maximum atomic E-state index is 12.8. The summed E-state index contributed by atoms with van der Waals surface area (Å²) >= 11 is 0. The van der Waals surface area contributed by atoms with Gasteiger partial charge in [-0.15, -0.1) is 0 Å². The number of para-hydroxylation sites is 1. The van der Waals surface area contributed by atoms with E-state index in [2.05, 4.69) is 15.3 Å². The van der Waals surface area contributed by atoms with Gasteiger partial charge in [0.05, 0.1) is 5.69 Å². The number of benzene rings is 2. The third kappa shape index (κ3) is 4.48. The monoisotopic (exact) mass is 468 g/mol. The topological polar surface area (TPSA) is 203 Å². The summed E-state index contributed by atoms with van der Waals surface area (Å²) in [6.07, 6.45) is 0. The van der Waals surface area contributed by atoms with E-state index in [1.54, 1.807) is 0 Å². The van der Waals surface area contributed by atoms with Gasteiger partial charge in [0.15, 0.2) is 5.71 Å². The number of hydrogen-bond acceptors (Lipinski definition) is 9. The number of carboxylic acid groups (broad SMARTS) is 1. The summed E-state index contributed by atoms with van der Waals surface area (Å²) in [4.78, 5) is 23.0. The van der Waals surface area contributed by atoms with Crippen molar-refractivity contribution in [1.82, 2.24) is 0 Å². The van der Waals surface area contributed by atoms with Crippen molar-refractivity contribution in [2.24, 2.45) is 15.3 Å². The summed E-state index contributed by atoms with van der Waals surface area (Å²) in [6, 6.07) is 7.63. The predicted octanol–water partition coefficient (Wildman–Crippen LogP) is 1.12. The van der Waals surface area contributed by atoms with Gasteiger partial charge in [-0.2, -0.15) is 37.2 Å². The van der Waals surface area contributed by atoms with Gasteiger partial charge in [0.2, 0.25) is 6.04 Å². The van der Waals surface area contributed by atoms with Gasteiger partial charge in [-0.3, -0.25) is 13.9 Å². The van der Waals surface area contributed by atoms with Crippen LogP contribution in [0.3, 0.4) is 0 Å². The van der Waals surface area contributed by atoms with E-state index in [9.17, 15) is 40.6 Å². The van der Waals surface area contributed by atoms with Crippen molar-refractivity contribution in [3.63, 3.8) is 0 Å². The molecule has 0 aliphatic carbocycles. The highest BCUT2D eigenvalue weighted by atomic mass is 32.2. The van der Waals surface area contributed by atoms with E-state index in [1.165, 1.54) is 24.3 Å². The van der Waals surface area contributed by atoms with Crippen LogP contribution >= 0.6 is 0 Å². The van der Waals surface area contributed by atoms with Crippen molar-refractivity contribution in [3.05, 3.63) is 48.5 Å². The van der Waals surface area contributed by atoms with Crippen LogP contribution in [0.15, 0.2) is 73.7 Å². The third-order valence-corrected chi connectivity index (χ3v) is 5.73. The molecule has 2 aromatic carbocycles. The average molecular weight is 468 g/mol. The molecule has 1 aliphatic rings. The lowest BCUT2D eigenvalue weighted by atomic mass is 10.2. The number of amides is 1. The summed E-state index contributed by atoms with van der Waals surface area (Å²) in [6.45, 7) is 0. The first-order chi connectivity index (χ1) is 14.4. The van der Waals surface area contributed by atoms with E-state index >= 15 is 0 Å². The molecule has 2 aromatic rings. The average Bonchev–Trinajstić information content (AvgIpc) is 3.02. The van der Waals surface area contributed by atoms with Crippen LogP contribution in [-0.4, -0.2) is 54.7 Å². The Morgan fingerprint density at radius 3 is 2.06 bits per heavy atom. The summed E-state index contributed by atoms with van der Waals surface area (Å²) in [5.74, 6) is -2.80. The van der Waals surface area contributed by atoms with Crippen LogP contribution < -0.4 is 5.01 Å². The minimum absolute atomic E-state index is 0.376. The lowest BCUT2D eigenvalue weighted by Crippen LogP contribution is -2.33. The van der Waals surface area contributed by atoms with Gasteiger partial charge in [0.25, 0.3) is 26.1 Å². The van der Waals surface area contributed by atoms with Crippen molar-refractivity contribution in [3.8, 4) is 0 Å². The number of nitrogens with zero attached hydrogens (tertiary/aromatic N) is 4. The standard InChI is InChI=1S/C16H12N4O9S2/c21-15-13(18-17-9-5-1-3-7-11(9)30(24,25)26)14(16(22)23)19-20(15)10-6-2-4-8-12(10)31(27,28)29/h1-8,13H,(H,22,23)(H,24,25,26)(H,27,28,29)/t13-/m1/s1. The SMILES string of the molecule is O=C(O)C1=NN(c2ccccc2S(=O)(=O)O)C(=O)[C@@H]1N=Nc1ccccc1S(=O)(=O)O. The third-order valence-electron chi connectivity index (χ3n) is 3.92. The molecule has 15 heteroatoms. The van der Waals surface area contributed by atoms with Crippen LogP contribution in [0.1, 0.15) is 0 Å². The molecule has 3 rings (SSSR count). The van der Waals surface area contributed by atoms with Crippen LogP contribution in [0.5, 0.6) is 0 Å². The fourth-order valence-electron chi connectivity index (χ4n) is 2.61. The largest absolute Gasteiger partial charge is 0.477 e. The number of rotatable bonds is 6. The number of aliphatic carboxylic acids is 1. The van der Waals surface area contributed by atoms with E-state index in [4.69, 9.17) is 0 Å². The molecule has 1 aliphatic heterocycles. The summed E-state index contributed by atoms with van der Waals surface area (Å²) in [5.41, 5.74) is -1.63. The van der Waals surface area contributed by atoms with E-state index in [0.717, 1.165) is 24.3 Å². The molecule has 13 nitrogen and oxygen atoms in total. The quantitative estimate of drug-likeness (QED) is 0.410. The molecule has 1 amide bonds. The first-order valence-corrected chi connectivity index (χ1v) is 11.0. The second-order valence-corrected chi connectivity index (χ2v) is 8.72. The number of hydrazone groups is 1. The highest BCUT2D eigenvalue weighted by molar-refractivity contribution is 7.86. The molecule has 0 bridgehead atoms. The number of carboxylic acids is 1. The lowest BCUT2D eigenvalue weighted by molar-refractivity contribution is -0.130. The minimum atomic E-state index is -4.79. The molecule has 0 saturated heterocycles. The summed E-state index contributed by atoms with van der Waals surface area (Å²) in [7, 11) is -9.47. The Balaban J connectivity index is 2.06. The van der Waals surface area contributed by atoms with Crippen molar-refractivity contribution in [2.45, 2.75) is 15.8 Å². The van der Waals surface area contributed by atoms with Gasteiger partial charge < -0.3 is 5.11 Å². The van der Waals surface area contributed by atoms with Crippen LogP contribution in [0.4, 0.5) is 11.4 Å². The van der Waals surface area contributed by atoms with Crippen LogP contribution in [-0.2, 0) is 29.8 Å². The molecule has 31 heavy (non-hydrogen) atoms. The Kier molecular flexibility index (Phi) is 5.68. The van der Waals surface area contributed by atoms with Gasteiger partial charge in [0, 0.05) is 0 Å². The fourth-order valence-corrected chi connectivity index (χ4v) is 3.90. The van der Waals surface area contributed by atoms with E-state index < -0.39 is 59.3 Å². The zero-order chi connectivity index (χ0) is 23.0. The molecule has 1 heterocycles. The molecule has 0 radical (unpaired) electrons. The predicted molar refractivity (Wildman–Crippen MR) is 103 cm³/mol. The Hall–Kier alpha value is -3.53. The maximum absolute atomic E-state index is 12.8. The Labute approximate surface area is 174 Å². The minimum Gasteiger partial charge on any atom is -0.477 e. The first kappa shape index (κ1) is 22.2. The van der Waals surface area contributed by atoms with Crippen molar-refractivity contribution in [2.75, 3.05) is 5.01 Å². The van der Waals surface area contributed by atoms with Crippen molar-refractivity contribution in [1.29, 1.82) is 0 Å². The van der Waals surface area contributed by atoms with E-state index in [1.807, 2.05) is 0 Å². The van der Waals surface area contributed by atoms with Gasteiger partial charge in [-0.05, 0) is 24.3 Å². The van der Waals surface area contributed by atoms with Crippen LogP contribution in [0, 0.1) is 0 Å². The van der Waals surface area contributed by atoms with Gasteiger partial charge in [0.1, 0.15) is 15.5 Å². The normalized spacial score (nSPS) is 17.2. The fraction of sp³-hybridized carbons (Fsp3) is 0.0625. The molecule has 0 aromatic heterocycles. The van der Waals surface area contributed by atoms with Crippen LogP contribution in [0.2, 0.25) is 0 Å². The molecule has 0 saturated carbocycles. The molecular weight excluding hydrogens is 456 g/mol. The van der Waals surface area contributed by atoms with Gasteiger partial charge in [-0.25, -0.2) is 4.79 Å². The molecule has 1 atom stereocenters. The second-order valence-electron chi connectivity index (χ2n) is 5.94. The summed E-state index contributed by atoms with van der Waals surface area (Å²) < 4.78 is 64.7. The molecular formula is C16H12N4O9S2. The first-order valence-electron chi connectivity index (χ1n) is 8.11. The highest BCUT2D eigenvalue weighted by Gasteiger charge is 2.42. The number of carbonyl (C=O) groups excluding carboxylic acids is 1. The Morgan fingerprint density at radius 1 is 0.935 bits per heavy atom. The molecule has 3 N–H and O–H groups in total. The van der Waals surface area contributed by atoms with Gasteiger partial charge in [-0.1, -0.05) is 24.3 Å². The Morgan fingerprint density at radius 2 is 1.48 bits per heavy atom. The number of azo groups is 1. The van der Waals surface area contributed by atoms with Crippen molar-refractivity contribution >= 4 is 49.2 Å². The number of anilines is 1. The molecule has 0 fully saturated rings. The molecule has 0 spiro atoms. The van der Waals surface area contributed by atoms with Crippen molar-refractivity contribution < 1.29 is 40.6 Å². The second kappa shape index (κ2) is 7.95. The maximum Gasteiger partial charge on any atom is 0.355 e. The smallest absolute Gasteiger partial charge is 0.355 e. The van der Waals surface area contributed by atoms with Crippen LogP contribution in [0.25, 0.3) is 0 Å². The molecule has 0 unspecified atom stereocenters. The van der Waals surface area contributed by atoms with E-state index in [0.29, 0.717) is 5.01 Å². The number of hydrogen-bond donors (Lipinski definition) is 3. The summed E-state index contributed by atoms with van der Waals surface area (Å²) in [5, 5.41) is 20.5. The van der Waals surface area contributed by atoms with E-state index in [-0.39, 0.29) is 5.69 Å². The molecule has 162 valence electrons. The zero-order valence-corrected chi connectivity index (χ0v) is 16.7. The highest BCUT2D eigenvalue weighted by Crippen LogP contribution is 2.30. The lowest BCUT2D eigenvalue weighted by Gasteiger charge is -2.15.